The molecule has 2 saturated carbocycles. The van der Waals surface area contributed by atoms with Gasteiger partial charge in [-0.3, -0.25) is 10.9 Å². The minimum atomic E-state index is -0.198. The predicted molar refractivity (Wildman–Crippen MR) is 83.7 cm³/mol. The third-order valence-electron chi connectivity index (χ3n) is 6.62. The summed E-state index contributed by atoms with van der Waals surface area (Å²) in [6.07, 6.45) is 6.51. The first-order chi connectivity index (χ1) is 9.87. The molecular formula is C16H29BN2O2. The van der Waals surface area contributed by atoms with Crippen LogP contribution in [0.5, 0.6) is 0 Å². The average Bonchev–Trinajstić information content (AvgIpc) is 3.11. The maximum atomic E-state index is 6.30. The van der Waals surface area contributed by atoms with Crippen LogP contribution in [0.1, 0.15) is 59.8 Å². The third-order valence-corrected chi connectivity index (χ3v) is 6.62. The van der Waals surface area contributed by atoms with E-state index in [4.69, 9.17) is 9.31 Å². The molecule has 2 heterocycles. The first kappa shape index (κ1) is 14.5. The normalized spacial score (nSPS) is 44.9. The number of fused-ring (bicyclic) bond motifs is 1. The maximum Gasteiger partial charge on any atom is 0.461 e. The molecule has 2 saturated heterocycles. The molecule has 4 fully saturated rings. The fourth-order valence-corrected chi connectivity index (χ4v) is 4.38. The van der Waals surface area contributed by atoms with E-state index in [9.17, 15) is 0 Å². The molecule has 4 unspecified atom stereocenters. The van der Waals surface area contributed by atoms with E-state index >= 15 is 0 Å². The summed E-state index contributed by atoms with van der Waals surface area (Å²) < 4.78 is 12.6. The number of rotatable bonds is 2. The molecule has 0 radical (unpaired) electrons. The van der Waals surface area contributed by atoms with Gasteiger partial charge in [-0.15, -0.1) is 0 Å². The van der Waals surface area contributed by atoms with Crippen molar-refractivity contribution in [2.75, 3.05) is 0 Å². The van der Waals surface area contributed by atoms with Crippen LogP contribution >= 0.6 is 0 Å². The van der Waals surface area contributed by atoms with Crippen LogP contribution in [0, 0.1) is 11.8 Å². The highest BCUT2D eigenvalue weighted by molar-refractivity contribution is 6.47. The van der Waals surface area contributed by atoms with E-state index in [1.54, 1.807) is 0 Å². The topological polar surface area (TPSA) is 42.5 Å². The molecule has 0 aromatic carbocycles. The van der Waals surface area contributed by atoms with Gasteiger partial charge in [0.2, 0.25) is 0 Å². The molecule has 4 aliphatic rings. The van der Waals surface area contributed by atoms with Gasteiger partial charge in [-0.2, -0.15) is 0 Å². The van der Waals surface area contributed by atoms with Gasteiger partial charge >= 0.3 is 7.12 Å². The van der Waals surface area contributed by atoms with Crippen LogP contribution in [-0.4, -0.2) is 30.4 Å². The zero-order valence-corrected chi connectivity index (χ0v) is 13.8. The van der Waals surface area contributed by atoms with Crippen molar-refractivity contribution in [2.45, 2.75) is 88.9 Å². The Morgan fingerprint density at radius 3 is 2.19 bits per heavy atom. The summed E-state index contributed by atoms with van der Waals surface area (Å²) in [4.78, 5) is 0. The van der Waals surface area contributed by atoms with Crippen molar-refractivity contribution in [1.29, 1.82) is 0 Å². The van der Waals surface area contributed by atoms with Crippen molar-refractivity contribution < 1.29 is 9.31 Å². The first-order valence-corrected chi connectivity index (χ1v) is 8.74. The van der Waals surface area contributed by atoms with Gasteiger partial charge < -0.3 is 9.31 Å². The van der Waals surface area contributed by atoms with Crippen LogP contribution < -0.4 is 10.9 Å². The van der Waals surface area contributed by atoms with Crippen molar-refractivity contribution in [3.63, 3.8) is 0 Å². The molecule has 0 aromatic heterocycles. The van der Waals surface area contributed by atoms with E-state index in [2.05, 4.69) is 38.5 Å². The highest BCUT2D eigenvalue weighted by Crippen LogP contribution is 2.49. The second kappa shape index (κ2) is 4.70. The van der Waals surface area contributed by atoms with Gasteiger partial charge in [0, 0.05) is 12.1 Å². The van der Waals surface area contributed by atoms with Crippen molar-refractivity contribution in [2.24, 2.45) is 11.8 Å². The SMILES string of the molecule is CC1(C)OB(C2CCC3NNC(C4CC4)C3C2)OC1(C)C. The average molecular weight is 292 g/mol. The summed E-state index contributed by atoms with van der Waals surface area (Å²) in [7, 11) is -0.0172. The van der Waals surface area contributed by atoms with Gasteiger partial charge in [-0.25, -0.2) is 0 Å². The van der Waals surface area contributed by atoms with Gasteiger partial charge in [0.1, 0.15) is 0 Å². The molecule has 2 aliphatic heterocycles. The molecule has 0 bridgehead atoms. The van der Waals surface area contributed by atoms with Crippen LogP contribution in [-0.2, 0) is 9.31 Å². The quantitative estimate of drug-likeness (QED) is 0.767. The van der Waals surface area contributed by atoms with Gasteiger partial charge in [0.05, 0.1) is 11.2 Å². The van der Waals surface area contributed by atoms with E-state index in [1.165, 1.54) is 32.1 Å². The Labute approximate surface area is 128 Å². The number of nitrogens with one attached hydrogen (secondary N) is 2. The Hall–Kier alpha value is -0.0951. The van der Waals surface area contributed by atoms with Crippen molar-refractivity contribution in [3.05, 3.63) is 0 Å². The minimum absolute atomic E-state index is 0.0172. The Morgan fingerprint density at radius 2 is 1.57 bits per heavy atom. The molecule has 0 spiro atoms. The summed E-state index contributed by atoms with van der Waals surface area (Å²) in [6.45, 7) is 8.63. The van der Waals surface area contributed by atoms with Gasteiger partial charge in [-0.1, -0.05) is 6.42 Å². The largest absolute Gasteiger partial charge is 0.461 e. The lowest BCUT2D eigenvalue weighted by Crippen LogP contribution is -2.41. The number of hydrazine groups is 1. The molecule has 4 atom stereocenters. The highest BCUT2D eigenvalue weighted by Gasteiger charge is 2.56. The summed E-state index contributed by atoms with van der Waals surface area (Å²) >= 11 is 0. The zero-order chi connectivity index (χ0) is 14.8. The third kappa shape index (κ3) is 2.37. The molecule has 4 nitrogen and oxygen atoms in total. The standard InChI is InChI=1S/C16H29BN2O2/c1-15(2)16(3,4)21-17(20-15)11-7-8-13-12(9-11)14(19-18-13)10-5-6-10/h10-14,18-19H,5-9H2,1-4H3. The molecule has 21 heavy (non-hydrogen) atoms. The fourth-order valence-electron chi connectivity index (χ4n) is 4.38. The van der Waals surface area contributed by atoms with Gasteiger partial charge in [0.25, 0.3) is 0 Å². The Morgan fingerprint density at radius 1 is 0.905 bits per heavy atom. The van der Waals surface area contributed by atoms with E-state index < -0.39 is 0 Å². The predicted octanol–water partition coefficient (Wildman–Crippen LogP) is 2.50. The molecular weight excluding hydrogens is 263 g/mol. The fraction of sp³-hybridized carbons (Fsp3) is 1.00. The zero-order valence-electron chi connectivity index (χ0n) is 13.8. The van der Waals surface area contributed by atoms with Crippen LogP contribution in [0.15, 0.2) is 0 Å². The van der Waals surface area contributed by atoms with Crippen LogP contribution in [0.25, 0.3) is 0 Å². The molecule has 4 rings (SSSR count). The van der Waals surface area contributed by atoms with Crippen LogP contribution in [0.3, 0.4) is 0 Å². The summed E-state index contributed by atoms with van der Waals surface area (Å²) in [5, 5.41) is 0. The molecule has 2 N–H and O–H groups in total. The van der Waals surface area contributed by atoms with Crippen LogP contribution in [0.4, 0.5) is 0 Å². The Balaban J connectivity index is 1.45. The van der Waals surface area contributed by atoms with Crippen molar-refractivity contribution in [1.82, 2.24) is 10.9 Å². The molecule has 0 aromatic rings. The molecule has 5 heteroatoms. The summed E-state index contributed by atoms with van der Waals surface area (Å²) in [5.41, 5.74) is 6.72. The Bertz CT molecular complexity index is 409. The van der Waals surface area contributed by atoms with E-state index in [0.29, 0.717) is 17.9 Å². The summed E-state index contributed by atoms with van der Waals surface area (Å²) in [6, 6.07) is 1.34. The van der Waals surface area contributed by atoms with Crippen molar-refractivity contribution >= 4 is 7.12 Å². The van der Waals surface area contributed by atoms with E-state index in [-0.39, 0.29) is 18.3 Å². The lowest BCUT2D eigenvalue weighted by Gasteiger charge is -2.34. The Kier molecular flexibility index (Phi) is 3.24. The molecule has 118 valence electrons. The van der Waals surface area contributed by atoms with Gasteiger partial charge in [-0.05, 0) is 71.0 Å². The first-order valence-electron chi connectivity index (χ1n) is 8.74. The second-order valence-corrected chi connectivity index (χ2v) is 8.62. The van der Waals surface area contributed by atoms with Gasteiger partial charge in [0.15, 0.2) is 0 Å². The summed E-state index contributed by atoms with van der Waals surface area (Å²) in [5.74, 6) is 2.22. The molecule has 2 aliphatic carbocycles. The number of hydrogen-bond donors (Lipinski definition) is 2. The smallest absolute Gasteiger partial charge is 0.403 e. The van der Waals surface area contributed by atoms with Crippen molar-refractivity contribution in [3.8, 4) is 0 Å². The monoisotopic (exact) mass is 292 g/mol. The van der Waals surface area contributed by atoms with E-state index in [0.717, 1.165) is 11.8 Å². The maximum absolute atomic E-state index is 6.30. The highest BCUT2D eigenvalue weighted by atomic mass is 16.7. The lowest BCUT2D eigenvalue weighted by molar-refractivity contribution is 0.00578. The second-order valence-electron chi connectivity index (χ2n) is 8.62. The van der Waals surface area contributed by atoms with Crippen LogP contribution in [0.2, 0.25) is 5.82 Å². The lowest BCUT2D eigenvalue weighted by atomic mass is 9.60. The van der Waals surface area contributed by atoms with E-state index in [1.807, 2.05) is 0 Å². The number of hydrogen-bond acceptors (Lipinski definition) is 4. The molecule has 0 amide bonds. The minimum Gasteiger partial charge on any atom is -0.403 e.